The normalized spacial score (nSPS) is 14.9. The minimum absolute atomic E-state index is 0.0235. The molecular formula is C33H37N5O8. The second-order valence-corrected chi connectivity index (χ2v) is 11.9. The summed E-state index contributed by atoms with van der Waals surface area (Å²) < 4.78 is 11.2. The SMILES string of the molecule is CC(C)(C)OC(=O)N1CCC(CC#CCOc2cc(C(N)=O)cc([N+](=O)[O-])c2NC/C=C/CN2C(=O)c3ccccc3C2=O)CC1. The van der Waals surface area contributed by atoms with Gasteiger partial charge in [0.1, 0.15) is 12.2 Å². The number of piperidine rings is 1. The van der Waals surface area contributed by atoms with Crippen molar-refractivity contribution < 1.29 is 33.6 Å². The largest absolute Gasteiger partial charge is 0.478 e. The Balaban J connectivity index is 1.34. The highest BCUT2D eigenvalue weighted by Crippen LogP contribution is 2.36. The van der Waals surface area contributed by atoms with Gasteiger partial charge in [0.2, 0.25) is 5.91 Å². The molecule has 0 saturated carbocycles. The predicted molar refractivity (Wildman–Crippen MR) is 169 cm³/mol. The lowest BCUT2D eigenvalue weighted by molar-refractivity contribution is -0.384. The molecule has 1 saturated heterocycles. The van der Waals surface area contributed by atoms with Crippen molar-refractivity contribution in [2.75, 3.05) is 38.1 Å². The first-order valence-corrected chi connectivity index (χ1v) is 14.9. The van der Waals surface area contributed by atoms with E-state index in [-0.39, 0.29) is 54.6 Å². The number of nitrogens with one attached hydrogen (secondary N) is 1. The molecule has 2 heterocycles. The number of hydrogen-bond donors (Lipinski definition) is 2. The van der Waals surface area contributed by atoms with Gasteiger partial charge in [-0.25, -0.2) is 4.79 Å². The summed E-state index contributed by atoms with van der Waals surface area (Å²) in [6.45, 7) is 6.68. The van der Waals surface area contributed by atoms with Gasteiger partial charge >= 0.3 is 6.09 Å². The second kappa shape index (κ2) is 14.6. The highest BCUT2D eigenvalue weighted by molar-refractivity contribution is 6.21. The summed E-state index contributed by atoms with van der Waals surface area (Å²) in [5.41, 5.74) is 5.06. The number of carbonyl (C=O) groups excluding carboxylic acids is 4. The summed E-state index contributed by atoms with van der Waals surface area (Å²) >= 11 is 0. The number of benzene rings is 2. The maximum atomic E-state index is 12.6. The lowest BCUT2D eigenvalue weighted by Crippen LogP contribution is -2.41. The van der Waals surface area contributed by atoms with Crippen molar-refractivity contribution in [2.24, 2.45) is 11.7 Å². The molecule has 0 aliphatic carbocycles. The molecule has 46 heavy (non-hydrogen) atoms. The first-order valence-electron chi connectivity index (χ1n) is 14.9. The molecule has 13 nitrogen and oxygen atoms in total. The number of nitro groups is 1. The molecule has 0 unspecified atom stereocenters. The van der Waals surface area contributed by atoms with E-state index < -0.39 is 22.1 Å². The molecule has 3 N–H and O–H groups in total. The number of carbonyl (C=O) groups is 4. The Morgan fingerprint density at radius 1 is 1.09 bits per heavy atom. The van der Waals surface area contributed by atoms with E-state index in [2.05, 4.69) is 17.2 Å². The van der Waals surface area contributed by atoms with Crippen LogP contribution in [0.2, 0.25) is 0 Å². The fraction of sp³-hybridized carbons (Fsp3) is 0.394. The number of imide groups is 1. The Labute approximate surface area is 266 Å². The minimum Gasteiger partial charge on any atom is -0.478 e. The van der Waals surface area contributed by atoms with Gasteiger partial charge in [0.05, 0.1) is 16.1 Å². The van der Waals surface area contributed by atoms with E-state index in [4.69, 9.17) is 15.2 Å². The van der Waals surface area contributed by atoms with Crippen molar-refractivity contribution in [2.45, 2.75) is 45.6 Å². The molecule has 242 valence electrons. The molecule has 0 bridgehead atoms. The molecule has 2 aromatic rings. The molecule has 2 aliphatic heterocycles. The average Bonchev–Trinajstić information content (AvgIpc) is 3.25. The summed E-state index contributed by atoms with van der Waals surface area (Å²) in [4.78, 5) is 63.3. The number of primary amides is 1. The Bertz CT molecular complexity index is 1570. The third kappa shape index (κ3) is 8.41. The number of fused-ring (bicyclic) bond motifs is 1. The highest BCUT2D eigenvalue weighted by atomic mass is 16.6. The Kier molecular flexibility index (Phi) is 10.6. The Morgan fingerprint density at radius 2 is 1.74 bits per heavy atom. The van der Waals surface area contributed by atoms with Crippen LogP contribution in [0.25, 0.3) is 0 Å². The number of anilines is 1. The third-order valence-electron chi connectivity index (χ3n) is 7.37. The van der Waals surface area contributed by atoms with Crippen LogP contribution in [0.15, 0.2) is 48.6 Å². The lowest BCUT2D eigenvalue weighted by atomic mass is 9.94. The van der Waals surface area contributed by atoms with E-state index in [0.29, 0.717) is 36.6 Å². The molecule has 13 heteroatoms. The van der Waals surface area contributed by atoms with E-state index in [0.717, 1.165) is 23.8 Å². The van der Waals surface area contributed by atoms with Gasteiger partial charge in [-0.2, -0.15) is 0 Å². The van der Waals surface area contributed by atoms with Crippen LogP contribution < -0.4 is 15.8 Å². The Morgan fingerprint density at radius 3 is 2.33 bits per heavy atom. The van der Waals surface area contributed by atoms with Crippen molar-refractivity contribution >= 4 is 35.2 Å². The van der Waals surface area contributed by atoms with Crippen molar-refractivity contribution in [1.29, 1.82) is 0 Å². The second-order valence-electron chi connectivity index (χ2n) is 11.9. The van der Waals surface area contributed by atoms with E-state index in [1.165, 1.54) is 6.07 Å². The van der Waals surface area contributed by atoms with Gasteiger partial charge in [-0.3, -0.25) is 29.4 Å². The molecule has 4 rings (SSSR count). The number of likely N-dealkylation sites (tertiary alicyclic amines) is 1. The van der Waals surface area contributed by atoms with Crippen molar-refractivity contribution in [3.8, 4) is 17.6 Å². The standard InChI is InChI=1S/C33H37N5O8/c1-33(2,3)46-32(42)36-17-13-22(14-18-36)10-6-9-19-45-27-21-23(29(34)39)20-26(38(43)44)28(27)35-15-7-8-16-37-30(40)24-11-4-5-12-25(24)31(37)41/h4-5,7-8,11-12,20-22,35H,10,13-19H2,1-3H3,(H2,34,39)/b8-7+. The van der Waals surface area contributed by atoms with Gasteiger partial charge in [0, 0.05) is 44.2 Å². The number of hydrogen-bond acceptors (Lipinski definition) is 9. The van der Waals surface area contributed by atoms with Gasteiger partial charge in [-0.05, 0) is 57.7 Å². The zero-order valence-corrected chi connectivity index (χ0v) is 26.0. The van der Waals surface area contributed by atoms with Crippen LogP contribution in [-0.2, 0) is 4.74 Å². The first-order chi connectivity index (χ1) is 21.9. The van der Waals surface area contributed by atoms with Gasteiger partial charge in [0.15, 0.2) is 11.4 Å². The number of nitrogens with two attached hydrogens (primary N) is 1. The molecule has 0 atom stereocenters. The number of rotatable bonds is 10. The van der Waals surface area contributed by atoms with E-state index >= 15 is 0 Å². The summed E-state index contributed by atoms with van der Waals surface area (Å²) in [5.74, 6) is 4.68. The van der Waals surface area contributed by atoms with Gasteiger partial charge in [-0.15, -0.1) is 0 Å². The third-order valence-corrected chi connectivity index (χ3v) is 7.37. The maximum Gasteiger partial charge on any atom is 0.410 e. The number of ether oxygens (including phenoxy) is 2. The lowest BCUT2D eigenvalue weighted by Gasteiger charge is -2.32. The van der Waals surface area contributed by atoms with Gasteiger partial charge in [-0.1, -0.05) is 36.1 Å². The molecule has 0 aromatic heterocycles. The van der Waals surface area contributed by atoms with E-state index in [9.17, 15) is 29.3 Å². The van der Waals surface area contributed by atoms with Crippen molar-refractivity contribution in [3.05, 3.63) is 75.4 Å². The zero-order valence-electron chi connectivity index (χ0n) is 26.0. The summed E-state index contributed by atoms with van der Waals surface area (Å²) in [7, 11) is 0. The number of nitro benzene ring substituents is 1. The van der Waals surface area contributed by atoms with E-state index in [1.54, 1.807) is 41.3 Å². The van der Waals surface area contributed by atoms with Crippen molar-refractivity contribution in [1.82, 2.24) is 9.80 Å². The minimum atomic E-state index is -0.857. The smallest absolute Gasteiger partial charge is 0.410 e. The fourth-order valence-corrected chi connectivity index (χ4v) is 5.04. The molecule has 0 spiro atoms. The summed E-state index contributed by atoms with van der Waals surface area (Å²) in [5, 5.41) is 14.8. The maximum absolute atomic E-state index is 12.6. The van der Waals surface area contributed by atoms with Crippen molar-refractivity contribution in [3.63, 3.8) is 0 Å². The molecule has 2 aliphatic rings. The summed E-state index contributed by atoms with van der Waals surface area (Å²) in [6, 6.07) is 8.95. The van der Waals surface area contributed by atoms with Crippen LogP contribution in [0.3, 0.4) is 0 Å². The van der Waals surface area contributed by atoms with E-state index in [1.807, 2.05) is 20.8 Å². The van der Waals surface area contributed by atoms with Gasteiger partial charge < -0.3 is 25.4 Å². The quantitative estimate of drug-likeness (QED) is 0.127. The monoisotopic (exact) mass is 631 g/mol. The predicted octanol–water partition coefficient (Wildman–Crippen LogP) is 4.38. The molecule has 4 amide bonds. The zero-order chi connectivity index (χ0) is 33.4. The van der Waals surface area contributed by atoms with Crippen LogP contribution >= 0.6 is 0 Å². The van der Waals surface area contributed by atoms with Crippen LogP contribution in [0.1, 0.15) is 71.1 Å². The molecular weight excluding hydrogens is 594 g/mol. The van der Waals surface area contributed by atoms with Crippen LogP contribution in [0.4, 0.5) is 16.2 Å². The highest BCUT2D eigenvalue weighted by Gasteiger charge is 2.34. The Hall–Kier alpha value is -5.38. The van der Waals surface area contributed by atoms with Gasteiger partial charge in [0.25, 0.3) is 17.5 Å². The fourth-order valence-electron chi connectivity index (χ4n) is 5.04. The molecule has 2 aromatic carbocycles. The van der Waals surface area contributed by atoms with Crippen LogP contribution in [0, 0.1) is 27.9 Å². The average molecular weight is 632 g/mol. The van der Waals surface area contributed by atoms with Crippen LogP contribution in [-0.4, -0.2) is 76.9 Å². The number of amides is 4. The topological polar surface area (TPSA) is 174 Å². The first kappa shape index (κ1) is 33.5. The number of nitrogens with zero attached hydrogens (tertiary/aromatic N) is 3. The molecule has 1 fully saturated rings. The summed E-state index contributed by atoms with van der Waals surface area (Å²) in [6.07, 6.45) is 5.07. The molecule has 0 radical (unpaired) electrons. The van der Waals surface area contributed by atoms with Crippen LogP contribution in [0.5, 0.6) is 5.75 Å².